The molecule has 0 aliphatic carbocycles. The minimum Gasteiger partial charge on any atom is -0.497 e. The highest BCUT2D eigenvalue weighted by Crippen LogP contribution is 2.11. The molecule has 0 unspecified atom stereocenters. The zero-order chi connectivity index (χ0) is 12.5. The average molecular weight is 230 g/mol. The van der Waals surface area contributed by atoms with Gasteiger partial charge in [0.05, 0.1) is 13.7 Å². The molecule has 0 spiro atoms. The van der Waals surface area contributed by atoms with Crippen LogP contribution in [0.3, 0.4) is 0 Å². The Morgan fingerprint density at radius 2 is 2.06 bits per heavy atom. The summed E-state index contributed by atoms with van der Waals surface area (Å²) >= 11 is 0. The second kappa shape index (κ2) is 7.13. The lowest BCUT2D eigenvalue weighted by molar-refractivity contribution is -0.136. The minimum absolute atomic E-state index is 0.343. The first kappa shape index (κ1) is 12.9. The van der Waals surface area contributed by atoms with Gasteiger partial charge in [0.1, 0.15) is 5.75 Å². The van der Waals surface area contributed by atoms with E-state index in [4.69, 9.17) is 4.74 Å². The first-order valence-corrected chi connectivity index (χ1v) is 5.25. The summed E-state index contributed by atoms with van der Waals surface area (Å²) in [5.41, 5.74) is 0.990. The largest absolute Gasteiger partial charge is 0.497 e. The van der Waals surface area contributed by atoms with Crippen LogP contribution in [0, 0.1) is 11.8 Å². The molecule has 0 saturated heterocycles. The van der Waals surface area contributed by atoms with E-state index in [1.807, 2.05) is 30.3 Å². The van der Waals surface area contributed by atoms with Crippen molar-refractivity contribution in [3.63, 3.8) is 0 Å². The van der Waals surface area contributed by atoms with E-state index in [2.05, 4.69) is 16.6 Å². The van der Waals surface area contributed by atoms with Gasteiger partial charge in [-0.05, 0) is 36.8 Å². The van der Waals surface area contributed by atoms with Gasteiger partial charge in [-0.3, -0.25) is 0 Å². The second-order valence-corrected chi connectivity index (χ2v) is 3.10. The molecule has 3 heteroatoms. The zero-order valence-corrected chi connectivity index (χ0v) is 9.90. The third-order valence-corrected chi connectivity index (χ3v) is 1.92. The SMILES string of the molecule is CCOC(=O)C#C/C=C/c1ccc(OC)cc1. The fourth-order valence-corrected chi connectivity index (χ4v) is 1.12. The molecule has 3 nitrogen and oxygen atoms in total. The van der Waals surface area contributed by atoms with Crippen molar-refractivity contribution >= 4 is 12.0 Å². The number of hydrogen-bond donors (Lipinski definition) is 0. The van der Waals surface area contributed by atoms with Crippen molar-refractivity contribution in [2.24, 2.45) is 0 Å². The number of benzene rings is 1. The molecule has 0 aromatic heterocycles. The van der Waals surface area contributed by atoms with E-state index in [0.717, 1.165) is 11.3 Å². The molecule has 0 atom stereocenters. The third kappa shape index (κ3) is 4.89. The maximum absolute atomic E-state index is 10.9. The van der Waals surface area contributed by atoms with E-state index in [1.54, 1.807) is 20.1 Å². The molecule has 0 amide bonds. The van der Waals surface area contributed by atoms with Crippen LogP contribution in [0.4, 0.5) is 0 Å². The second-order valence-electron chi connectivity index (χ2n) is 3.10. The Morgan fingerprint density at radius 3 is 2.65 bits per heavy atom. The van der Waals surface area contributed by atoms with Crippen LogP contribution < -0.4 is 4.74 Å². The highest BCUT2D eigenvalue weighted by molar-refractivity contribution is 5.88. The van der Waals surface area contributed by atoms with Crippen LogP contribution in [0.2, 0.25) is 0 Å². The standard InChI is InChI=1S/C14H14O3/c1-3-17-14(15)7-5-4-6-12-8-10-13(16-2)11-9-12/h4,6,8-11H,3H2,1-2H3/b6-4+. The van der Waals surface area contributed by atoms with E-state index in [9.17, 15) is 4.79 Å². The Kier molecular flexibility index (Phi) is 5.39. The molecule has 17 heavy (non-hydrogen) atoms. The molecule has 0 N–H and O–H groups in total. The Balaban J connectivity index is 2.55. The van der Waals surface area contributed by atoms with Gasteiger partial charge in [0.25, 0.3) is 0 Å². The molecule has 88 valence electrons. The summed E-state index contributed by atoms with van der Waals surface area (Å²) in [7, 11) is 1.62. The number of ether oxygens (including phenoxy) is 2. The first-order chi connectivity index (χ1) is 8.26. The van der Waals surface area contributed by atoms with E-state index in [1.165, 1.54) is 0 Å². The number of carbonyl (C=O) groups is 1. The smallest absolute Gasteiger partial charge is 0.384 e. The van der Waals surface area contributed by atoms with Crippen molar-refractivity contribution in [1.29, 1.82) is 0 Å². The van der Waals surface area contributed by atoms with E-state index >= 15 is 0 Å². The molecule has 0 aliphatic heterocycles. The Labute approximate surface area is 101 Å². The highest BCUT2D eigenvalue weighted by Gasteiger charge is 1.91. The van der Waals surface area contributed by atoms with E-state index < -0.39 is 5.97 Å². The lowest BCUT2D eigenvalue weighted by Crippen LogP contribution is -1.98. The van der Waals surface area contributed by atoms with Gasteiger partial charge >= 0.3 is 5.97 Å². The van der Waals surface area contributed by atoms with Crippen LogP contribution in [-0.2, 0) is 9.53 Å². The van der Waals surface area contributed by atoms with Crippen LogP contribution in [-0.4, -0.2) is 19.7 Å². The highest BCUT2D eigenvalue weighted by atomic mass is 16.5. The maximum atomic E-state index is 10.9. The summed E-state index contributed by atoms with van der Waals surface area (Å²) in [6, 6.07) is 7.53. The van der Waals surface area contributed by atoms with Crippen LogP contribution >= 0.6 is 0 Å². The van der Waals surface area contributed by atoms with Gasteiger partial charge in [-0.15, -0.1) is 0 Å². The molecule has 0 heterocycles. The number of rotatable bonds is 3. The molecule has 0 radical (unpaired) electrons. The summed E-state index contributed by atoms with van der Waals surface area (Å²) < 4.78 is 9.70. The Morgan fingerprint density at radius 1 is 1.35 bits per heavy atom. The van der Waals surface area contributed by atoms with E-state index in [-0.39, 0.29) is 0 Å². The van der Waals surface area contributed by atoms with Gasteiger partial charge in [-0.25, -0.2) is 4.79 Å². The molecule has 1 aromatic carbocycles. The van der Waals surface area contributed by atoms with Crippen molar-refractivity contribution in [1.82, 2.24) is 0 Å². The van der Waals surface area contributed by atoms with Crippen LogP contribution in [0.5, 0.6) is 5.75 Å². The van der Waals surface area contributed by atoms with Crippen molar-refractivity contribution in [3.05, 3.63) is 35.9 Å². The van der Waals surface area contributed by atoms with E-state index in [0.29, 0.717) is 6.61 Å². The predicted octanol–water partition coefficient (Wildman–Crippen LogP) is 2.27. The summed E-state index contributed by atoms with van der Waals surface area (Å²) in [4.78, 5) is 10.9. The monoisotopic (exact) mass is 230 g/mol. The number of carbonyl (C=O) groups excluding carboxylic acids is 1. The van der Waals surface area contributed by atoms with Gasteiger partial charge in [-0.1, -0.05) is 18.1 Å². The summed E-state index contributed by atoms with van der Waals surface area (Å²) in [6.07, 6.45) is 3.42. The first-order valence-electron chi connectivity index (χ1n) is 5.25. The van der Waals surface area contributed by atoms with Gasteiger partial charge in [0.15, 0.2) is 0 Å². The Hall–Kier alpha value is -2.21. The number of hydrogen-bond acceptors (Lipinski definition) is 3. The molecule has 0 bridgehead atoms. The third-order valence-electron chi connectivity index (χ3n) is 1.92. The van der Waals surface area contributed by atoms with Gasteiger partial charge < -0.3 is 9.47 Å². The number of allylic oxidation sites excluding steroid dienone is 1. The number of esters is 1. The maximum Gasteiger partial charge on any atom is 0.384 e. The van der Waals surface area contributed by atoms with Crippen molar-refractivity contribution in [3.8, 4) is 17.6 Å². The van der Waals surface area contributed by atoms with Crippen LogP contribution in [0.15, 0.2) is 30.3 Å². The summed E-state index contributed by atoms with van der Waals surface area (Å²) in [5.74, 6) is 5.26. The Bertz CT molecular complexity index is 447. The topological polar surface area (TPSA) is 35.5 Å². The molecule has 0 fully saturated rings. The molecule has 0 saturated carbocycles. The van der Waals surface area contributed by atoms with Crippen molar-refractivity contribution < 1.29 is 14.3 Å². The summed E-state index contributed by atoms with van der Waals surface area (Å²) in [5, 5.41) is 0. The molecule has 1 aromatic rings. The fourth-order valence-electron chi connectivity index (χ4n) is 1.12. The van der Waals surface area contributed by atoms with Crippen molar-refractivity contribution in [2.75, 3.05) is 13.7 Å². The predicted molar refractivity (Wildman–Crippen MR) is 66.4 cm³/mol. The minimum atomic E-state index is -0.508. The normalized spacial score (nSPS) is 9.53. The van der Waals surface area contributed by atoms with Crippen LogP contribution in [0.1, 0.15) is 12.5 Å². The quantitative estimate of drug-likeness (QED) is 0.454. The molecular formula is C14H14O3. The van der Waals surface area contributed by atoms with Gasteiger partial charge in [0.2, 0.25) is 0 Å². The molecular weight excluding hydrogens is 216 g/mol. The van der Waals surface area contributed by atoms with Gasteiger partial charge in [0, 0.05) is 5.92 Å². The lowest BCUT2D eigenvalue weighted by atomic mass is 10.2. The van der Waals surface area contributed by atoms with Crippen LogP contribution in [0.25, 0.3) is 6.08 Å². The zero-order valence-electron chi connectivity index (χ0n) is 9.90. The molecule has 1 rings (SSSR count). The number of methoxy groups -OCH3 is 1. The lowest BCUT2D eigenvalue weighted by Gasteiger charge is -1.98. The van der Waals surface area contributed by atoms with Gasteiger partial charge in [-0.2, -0.15) is 0 Å². The molecule has 0 aliphatic rings. The summed E-state index contributed by atoms with van der Waals surface area (Å²) in [6.45, 7) is 2.09. The fraction of sp³-hybridized carbons (Fsp3) is 0.214. The van der Waals surface area contributed by atoms with Crippen molar-refractivity contribution in [2.45, 2.75) is 6.92 Å². The average Bonchev–Trinajstić information content (AvgIpc) is 2.36.